The van der Waals surface area contributed by atoms with Gasteiger partial charge >= 0.3 is 58.4 Å². The Balaban J connectivity index is 0.00000121. The maximum absolute atomic E-state index is 11.9. The van der Waals surface area contributed by atoms with Gasteiger partial charge in [0.15, 0.2) is 0 Å². The van der Waals surface area contributed by atoms with E-state index in [1.54, 1.807) is 0 Å². The molecule has 1 heterocycles. The number of nitrogens with zero attached hydrogens (tertiary/aromatic N) is 1. The molecule has 1 aliphatic rings. The van der Waals surface area contributed by atoms with Crippen molar-refractivity contribution >= 4 is 6.98 Å². The maximum Gasteiger partial charge on any atom is 1.00 e. The van der Waals surface area contributed by atoms with Gasteiger partial charge in [-0.25, -0.2) is 0 Å². The van der Waals surface area contributed by atoms with E-state index in [1.165, 1.54) is 4.90 Å². The summed E-state index contributed by atoms with van der Waals surface area (Å²) in [4.78, 5) is 1.51. The smallest absolute Gasteiger partial charge is 0.448 e. The van der Waals surface area contributed by atoms with Crippen LogP contribution in [0.3, 0.4) is 0 Å². The molecule has 1 nitrogen and oxygen atoms in total. The summed E-state index contributed by atoms with van der Waals surface area (Å²) in [6, 6.07) is 0.124. The molecule has 1 saturated heterocycles. The average molecular weight is 205 g/mol. The minimum absolute atomic E-state index is 0. The summed E-state index contributed by atoms with van der Waals surface area (Å²) in [5, 5.41) is 0. The summed E-state index contributed by atoms with van der Waals surface area (Å²) in [7, 11) is 0. The van der Waals surface area contributed by atoms with Gasteiger partial charge in [0.2, 0.25) is 0 Å². The van der Waals surface area contributed by atoms with E-state index in [-0.39, 0.29) is 57.4 Å². The minimum Gasteiger partial charge on any atom is -0.448 e. The molecule has 0 unspecified atom stereocenters. The molecule has 0 amide bonds. The van der Waals surface area contributed by atoms with Gasteiger partial charge in [-0.15, -0.1) is 0 Å². The summed E-state index contributed by atoms with van der Waals surface area (Å²) >= 11 is 0. The van der Waals surface area contributed by atoms with E-state index in [9.17, 15) is 12.9 Å². The van der Waals surface area contributed by atoms with E-state index in [1.807, 2.05) is 6.92 Å². The molecular formula is C6H12BF3KN. The molecule has 0 aromatic carbocycles. The van der Waals surface area contributed by atoms with Gasteiger partial charge in [0.25, 0.3) is 0 Å². The van der Waals surface area contributed by atoms with Crippen molar-refractivity contribution in [3.63, 3.8) is 0 Å². The van der Waals surface area contributed by atoms with Crippen molar-refractivity contribution in [2.45, 2.75) is 25.8 Å². The summed E-state index contributed by atoms with van der Waals surface area (Å²) in [6.07, 6.45) is 1.14. The zero-order valence-corrected chi connectivity index (χ0v) is 10.7. The largest absolute Gasteiger partial charge is 1.00 e. The summed E-state index contributed by atoms with van der Waals surface area (Å²) in [5.41, 5.74) is 0. The van der Waals surface area contributed by atoms with Crippen molar-refractivity contribution in [2.24, 2.45) is 0 Å². The Morgan fingerprint density at radius 2 is 2.00 bits per heavy atom. The van der Waals surface area contributed by atoms with Gasteiger partial charge in [-0.3, -0.25) is 0 Å². The van der Waals surface area contributed by atoms with Crippen LogP contribution in [0.15, 0.2) is 0 Å². The van der Waals surface area contributed by atoms with Crippen LogP contribution >= 0.6 is 0 Å². The molecule has 1 fully saturated rings. The first-order valence-electron chi connectivity index (χ1n) is 3.94. The van der Waals surface area contributed by atoms with Gasteiger partial charge in [0.05, 0.1) is 0 Å². The standard InChI is InChI=1S/C6H12BF3N.K/c1-6-3-2-4-11(6)5-7(8,9)10;/h6H,2-5H2,1H3;/q-1;+1/t6-;/m0./s1. The summed E-state index contributed by atoms with van der Waals surface area (Å²) in [5.74, 6) is 0. The molecule has 0 aromatic heterocycles. The molecule has 0 radical (unpaired) electrons. The predicted octanol–water partition coefficient (Wildman–Crippen LogP) is -1.14. The van der Waals surface area contributed by atoms with Crippen LogP contribution in [0.1, 0.15) is 19.8 Å². The third kappa shape index (κ3) is 4.62. The van der Waals surface area contributed by atoms with Gasteiger partial charge in [-0.1, -0.05) is 0 Å². The fraction of sp³-hybridized carbons (Fsp3) is 1.00. The van der Waals surface area contributed by atoms with Gasteiger partial charge in [-0.2, -0.15) is 0 Å². The second-order valence-corrected chi connectivity index (χ2v) is 3.20. The average Bonchev–Trinajstić information content (AvgIpc) is 2.12. The first-order valence-corrected chi connectivity index (χ1v) is 3.94. The van der Waals surface area contributed by atoms with Crippen molar-refractivity contribution in [3.05, 3.63) is 0 Å². The molecule has 0 aliphatic carbocycles. The number of hydrogen-bond donors (Lipinski definition) is 0. The second kappa shape index (κ2) is 5.36. The fourth-order valence-electron chi connectivity index (χ4n) is 1.53. The van der Waals surface area contributed by atoms with Crippen LogP contribution in [0.4, 0.5) is 12.9 Å². The predicted molar refractivity (Wildman–Crippen MR) is 39.3 cm³/mol. The molecule has 66 valence electrons. The molecule has 1 aliphatic heterocycles. The second-order valence-electron chi connectivity index (χ2n) is 3.20. The minimum atomic E-state index is -4.62. The van der Waals surface area contributed by atoms with Crippen LogP contribution in [-0.4, -0.2) is 30.9 Å². The Labute approximate surface area is 114 Å². The Kier molecular flexibility index (Phi) is 6.01. The van der Waals surface area contributed by atoms with E-state index < -0.39 is 13.4 Å². The molecule has 0 saturated carbocycles. The van der Waals surface area contributed by atoms with Crippen molar-refractivity contribution in [3.8, 4) is 0 Å². The Hall–Kier alpha value is 1.45. The molecule has 12 heavy (non-hydrogen) atoms. The van der Waals surface area contributed by atoms with Crippen LogP contribution in [0.2, 0.25) is 0 Å². The number of hydrogen-bond acceptors (Lipinski definition) is 1. The van der Waals surface area contributed by atoms with Crippen molar-refractivity contribution in [1.82, 2.24) is 4.90 Å². The van der Waals surface area contributed by atoms with Gasteiger partial charge in [0, 0.05) is 6.04 Å². The van der Waals surface area contributed by atoms with Crippen molar-refractivity contribution < 1.29 is 64.3 Å². The summed E-state index contributed by atoms with van der Waals surface area (Å²) < 4.78 is 35.7. The Morgan fingerprint density at radius 3 is 2.33 bits per heavy atom. The van der Waals surface area contributed by atoms with Crippen molar-refractivity contribution in [1.29, 1.82) is 0 Å². The SMILES string of the molecule is C[C@H]1CCCN1C[B-](F)(F)F.[K+]. The van der Waals surface area contributed by atoms with E-state index in [0.717, 1.165) is 12.8 Å². The number of likely N-dealkylation sites (tertiary alicyclic amines) is 1. The molecular weight excluding hydrogens is 193 g/mol. The van der Waals surface area contributed by atoms with Gasteiger partial charge in [0.1, 0.15) is 0 Å². The first kappa shape index (κ1) is 13.5. The Morgan fingerprint density at radius 1 is 1.42 bits per heavy atom. The van der Waals surface area contributed by atoms with Crippen LogP contribution in [0.5, 0.6) is 0 Å². The topological polar surface area (TPSA) is 3.24 Å². The molecule has 0 aromatic rings. The summed E-state index contributed by atoms with van der Waals surface area (Å²) in [6.45, 7) is -2.15. The molecule has 0 bridgehead atoms. The number of rotatable bonds is 2. The Bertz CT molecular complexity index is 141. The van der Waals surface area contributed by atoms with Gasteiger partial charge in [-0.05, 0) is 32.8 Å². The maximum atomic E-state index is 11.9. The molecule has 6 heteroatoms. The molecule has 0 spiro atoms. The zero-order valence-electron chi connectivity index (χ0n) is 7.56. The fourth-order valence-corrected chi connectivity index (χ4v) is 1.53. The quantitative estimate of drug-likeness (QED) is 0.515. The van der Waals surface area contributed by atoms with E-state index in [0.29, 0.717) is 6.54 Å². The van der Waals surface area contributed by atoms with Crippen LogP contribution in [-0.2, 0) is 0 Å². The van der Waals surface area contributed by atoms with Crippen LogP contribution in [0.25, 0.3) is 0 Å². The van der Waals surface area contributed by atoms with E-state index in [2.05, 4.69) is 0 Å². The molecule has 1 rings (SSSR count). The van der Waals surface area contributed by atoms with E-state index >= 15 is 0 Å². The normalized spacial score (nSPS) is 25.5. The molecule has 1 atom stereocenters. The molecule has 0 N–H and O–H groups in total. The third-order valence-corrected chi connectivity index (χ3v) is 2.13. The zero-order chi connectivity index (χ0) is 8.48. The van der Waals surface area contributed by atoms with Crippen LogP contribution in [0, 0.1) is 0 Å². The van der Waals surface area contributed by atoms with Crippen LogP contribution < -0.4 is 51.4 Å². The van der Waals surface area contributed by atoms with E-state index in [4.69, 9.17) is 0 Å². The third-order valence-electron chi connectivity index (χ3n) is 2.13. The first-order chi connectivity index (χ1) is 4.99. The monoisotopic (exact) mass is 205 g/mol. The van der Waals surface area contributed by atoms with Crippen molar-refractivity contribution in [2.75, 3.05) is 13.0 Å². The van der Waals surface area contributed by atoms with Gasteiger partial charge < -0.3 is 17.8 Å². The number of halogens is 3.